The number of benzene rings is 2. The Morgan fingerprint density at radius 3 is 2.40 bits per heavy atom. The van der Waals surface area contributed by atoms with Gasteiger partial charge in [-0.15, -0.1) is 0 Å². The minimum atomic E-state index is -0.767. The molecular formula is C18H18Cl2N2O3. The second-order valence-corrected chi connectivity index (χ2v) is 6.23. The smallest absolute Gasteiger partial charge is 0.313 e. The van der Waals surface area contributed by atoms with Gasteiger partial charge in [0, 0.05) is 22.7 Å². The highest BCUT2D eigenvalue weighted by Gasteiger charge is 2.16. The van der Waals surface area contributed by atoms with E-state index in [9.17, 15) is 9.59 Å². The first-order valence-electron chi connectivity index (χ1n) is 7.58. The summed E-state index contributed by atoms with van der Waals surface area (Å²) >= 11 is 11.8. The van der Waals surface area contributed by atoms with Crippen LogP contribution in [-0.2, 0) is 16.0 Å². The average molecular weight is 381 g/mol. The molecule has 2 aromatic carbocycles. The first-order valence-corrected chi connectivity index (χ1v) is 8.34. The first-order chi connectivity index (χ1) is 11.9. The van der Waals surface area contributed by atoms with E-state index < -0.39 is 11.8 Å². The second-order valence-electron chi connectivity index (χ2n) is 5.39. The zero-order valence-electron chi connectivity index (χ0n) is 13.9. The summed E-state index contributed by atoms with van der Waals surface area (Å²) in [6.07, 6.45) is 0.597. The van der Waals surface area contributed by atoms with E-state index in [1.165, 1.54) is 7.11 Å². The van der Waals surface area contributed by atoms with E-state index in [1.54, 1.807) is 31.2 Å². The summed E-state index contributed by atoms with van der Waals surface area (Å²) in [6, 6.07) is 10.5. The third-order valence-corrected chi connectivity index (χ3v) is 4.21. The molecule has 2 N–H and O–H groups in total. The van der Waals surface area contributed by atoms with Crippen LogP contribution in [0.15, 0.2) is 36.4 Å². The lowest BCUT2D eigenvalue weighted by Crippen LogP contribution is -2.36. The quantitative estimate of drug-likeness (QED) is 0.778. The maximum atomic E-state index is 12.0. The van der Waals surface area contributed by atoms with Gasteiger partial charge in [0.15, 0.2) is 0 Å². The van der Waals surface area contributed by atoms with Crippen molar-refractivity contribution in [1.29, 1.82) is 0 Å². The summed E-state index contributed by atoms with van der Waals surface area (Å²) in [5.74, 6) is -1.10. The van der Waals surface area contributed by atoms with E-state index >= 15 is 0 Å². The molecule has 0 bridgehead atoms. The largest absolute Gasteiger partial charge is 0.495 e. The predicted octanol–water partition coefficient (Wildman–Crippen LogP) is 3.61. The van der Waals surface area contributed by atoms with Crippen molar-refractivity contribution in [3.05, 3.63) is 57.6 Å². The molecule has 25 heavy (non-hydrogen) atoms. The van der Waals surface area contributed by atoms with Crippen molar-refractivity contribution >= 4 is 40.7 Å². The van der Waals surface area contributed by atoms with Crippen molar-refractivity contribution in [2.45, 2.75) is 13.3 Å². The minimum Gasteiger partial charge on any atom is -0.495 e. The van der Waals surface area contributed by atoms with Gasteiger partial charge in [0.25, 0.3) is 0 Å². The molecule has 7 heteroatoms. The highest BCUT2D eigenvalue weighted by molar-refractivity contribution is 6.40. The zero-order chi connectivity index (χ0) is 18.4. The van der Waals surface area contributed by atoms with Crippen LogP contribution in [0.3, 0.4) is 0 Å². The van der Waals surface area contributed by atoms with Crippen molar-refractivity contribution < 1.29 is 14.3 Å². The third-order valence-electron chi connectivity index (χ3n) is 3.55. The Bertz CT molecular complexity index is 777. The SMILES string of the molecule is COc1cc(Cl)c(C)cc1NC(=O)C(=O)NCCc1ccc(Cl)cc1. The van der Waals surface area contributed by atoms with E-state index in [0.29, 0.717) is 34.4 Å². The van der Waals surface area contributed by atoms with Crippen molar-refractivity contribution in [2.75, 3.05) is 19.0 Å². The number of carbonyl (C=O) groups is 2. The van der Waals surface area contributed by atoms with Crippen LogP contribution < -0.4 is 15.4 Å². The van der Waals surface area contributed by atoms with E-state index in [0.717, 1.165) is 11.1 Å². The van der Waals surface area contributed by atoms with Gasteiger partial charge < -0.3 is 15.4 Å². The van der Waals surface area contributed by atoms with Crippen LogP contribution in [0.5, 0.6) is 5.75 Å². The van der Waals surface area contributed by atoms with E-state index in [1.807, 2.05) is 12.1 Å². The molecule has 0 saturated carbocycles. The van der Waals surface area contributed by atoms with Gasteiger partial charge in [0.1, 0.15) is 5.75 Å². The fourth-order valence-electron chi connectivity index (χ4n) is 2.16. The Labute approximate surface area is 156 Å². The Morgan fingerprint density at radius 2 is 1.76 bits per heavy atom. The molecule has 2 aromatic rings. The van der Waals surface area contributed by atoms with Crippen molar-refractivity contribution in [1.82, 2.24) is 5.32 Å². The lowest BCUT2D eigenvalue weighted by atomic mass is 10.1. The van der Waals surface area contributed by atoms with Crippen LogP contribution in [0, 0.1) is 6.92 Å². The van der Waals surface area contributed by atoms with E-state index in [4.69, 9.17) is 27.9 Å². The van der Waals surface area contributed by atoms with E-state index in [-0.39, 0.29) is 0 Å². The number of aryl methyl sites for hydroxylation is 1. The molecule has 0 heterocycles. The summed E-state index contributed by atoms with van der Waals surface area (Å²) in [5.41, 5.74) is 2.17. The molecule has 0 radical (unpaired) electrons. The number of halogens is 2. The predicted molar refractivity (Wildman–Crippen MR) is 99.5 cm³/mol. The normalized spacial score (nSPS) is 10.2. The molecule has 2 rings (SSSR count). The second kappa shape index (κ2) is 8.74. The Kier molecular flexibility index (Phi) is 6.67. The number of nitrogens with one attached hydrogen (secondary N) is 2. The van der Waals surface area contributed by atoms with Crippen LogP contribution >= 0.6 is 23.2 Å². The van der Waals surface area contributed by atoms with Gasteiger partial charge in [-0.05, 0) is 42.7 Å². The van der Waals surface area contributed by atoms with Crippen molar-refractivity contribution in [2.24, 2.45) is 0 Å². The van der Waals surface area contributed by atoms with E-state index in [2.05, 4.69) is 10.6 Å². The average Bonchev–Trinajstić information content (AvgIpc) is 2.59. The molecule has 0 aliphatic rings. The molecular weight excluding hydrogens is 363 g/mol. The first kappa shape index (κ1) is 19.1. The summed E-state index contributed by atoms with van der Waals surface area (Å²) in [5, 5.41) is 6.28. The number of amides is 2. The Hall–Kier alpha value is -2.24. The number of carbonyl (C=O) groups excluding carboxylic acids is 2. The van der Waals surface area contributed by atoms with Crippen LogP contribution in [0.4, 0.5) is 5.69 Å². The molecule has 0 aliphatic carbocycles. The molecule has 0 spiro atoms. The lowest BCUT2D eigenvalue weighted by molar-refractivity contribution is -0.136. The minimum absolute atomic E-state index is 0.338. The van der Waals surface area contributed by atoms with Gasteiger partial charge >= 0.3 is 11.8 Å². The molecule has 132 valence electrons. The van der Waals surface area contributed by atoms with Gasteiger partial charge in [-0.25, -0.2) is 0 Å². The maximum absolute atomic E-state index is 12.0. The summed E-state index contributed by atoms with van der Waals surface area (Å²) < 4.78 is 5.17. The highest BCUT2D eigenvalue weighted by atomic mass is 35.5. The molecule has 0 aliphatic heterocycles. The van der Waals surface area contributed by atoms with Crippen LogP contribution in [0.25, 0.3) is 0 Å². The van der Waals surface area contributed by atoms with Gasteiger partial charge in [0.05, 0.1) is 12.8 Å². The van der Waals surface area contributed by atoms with Gasteiger partial charge in [-0.1, -0.05) is 35.3 Å². The monoisotopic (exact) mass is 380 g/mol. The Morgan fingerprint density at radius 1 is 1.08 bits per heavy atom. The number of rotatable bonds is 5. The molecule has 2 amide bonds. The molecule has 0 unspecified atom stereocenters. The molecule has 0 fully saturated rings. The van der Waals surface area contributed by atoms with Gasteiger partial charge in [0.2, 0.25) is 0 Å². The molecule has 0 atom stereocenters. The standard InChI is InChI=1S/C18H18Cl2N2O3/c1-11-9-15(16(25-2)10-14(11)20)22-18(24)17(23)21-8-7-12-3-5-13(19)6-4-12/h3-6,9-10H,7-8H2,1-2H3,(H,21,23)(H,22,24). The lowest BCUT2D eigenvalue weighted by Gasteiger charge is -2.12. The molecule has 0 saturated heterocycles. The van der Waals surface area contributed by atoms with Gasteiger partial charge in [-0.3, -0.25) is 9.59 Å². The highest BCUT2D eigenvalue weighted by Crippen LogP contribution is 2.30. The van der Waals surface area contributed by atoms with Crippen LogP contribution in [-0.4, -0.2) is 25.5 Å². The van der Waals surface area contributed by atoms with Crippen molar-refractivity contribution in [3.8, 4) is 5.75 Å². The van der Waals surface area contributed by atoms with Gasteiger partial charge in [-0.2, -0.15) is 0 Å². The molecule has 0 aromatic heterocycles. The van der Waals surface area contributed by atoms with Crippen LogP contribution in [0.1, 0.15) is 11.1 Å². The third kappa shape index (κ3) is 5.37. The number of ether oxygens (including phenoxy) is 1. The fourth-order valence-corrected chi connectivity index (χ4v) is 2.44. The van der Waals surface area contributed by atoms with Crippen LogP contribution in [0.2, 0.25) is 10.0 Å². The summed E-state index contributed by atoms with van der Waals surface area (Å²) in [6.45, 7) is 2.13. The number of hydrogen-bond donors (Lipinski definition) is 2. The maximum Gasteiger partial charge on any atom is 0.313 e. The summed E-state index contributed by atoms with van der Waals surface area (Å²) in [4.78, 5) is 24.0. The Balaban J connectivity index is 1.91. The van der Waals surface area contributed by atoms with Crippen molar-refractivity contribution in [3.63, 3.8) is 0 Å². The zero-order valence-corrected chi connectivity index (χ0v) is 15.4. The number of hydrogen-bond acceptors (Lipinski definition) is 3. The topological polar surface area (TPSA) is 67.4 Å². The molecule has 5 nitrogen and oxygen atoms in total. The number of methoxy groups -OCH3 is 1. The summed E-state index contributed by atoms with van der Waals surface area (Å²) in [7, 11) is 1.46. The number of anilines is 1. The fraction of sp³-hybridized carbons (Fsp3) is 0.222.